The van der Waals surface area contributed by atoms with Crippen LogP contribution in [0.5, 0.6) is 0 Å². The van der Waals surface area contributed by atoms with Crippen LogP contribution in [0, 0.1) is 11.6 Å². The molecule has 4 rings (SSSR count). The maximum Gasteiger partial charge on any atom is 0.249 e. The van der Waals surface area contributed by atoms with Gasteiger partial charge in [0, 0.05) is 19.2 Å². The molecule has 9 heteroatoms. The van der Waals surface area contributed by atoms with Crippen LogP contribution in [0.1, 0.15) is 12.0 Å². The van der Waals surface area contributed by atoms with Crippen molar-refractivity contribution in [1.82, 2.24) is 9.37 Å². The van der Waals surface area contributed by atoms with Crippen molar-refractivity contribution in [2.45, 2.75) is 23.5 Å². The maximum atomic E-state index is 13.3. The summed E-state index contributed by atoms with van der Waals surface area (Å²) in [6.45, 7) is 0.165. The molecule has 2 aromatic rings. The molecule has 2 aliphatic heterocycles. The van der Waals surface area contributed by atoms with Crippen molar-refractivity contribution in [2.75, 3.05) is 13.1 Å². The Labute approximate surface area is 155 Å². The third-order valence-corrected chi connectivity index (χ3v) is 6.40. The van der Waals surface area contributed by atoms with Crippen LogP contribution >= 0.6 is 0 Å². The summed E-state index contributed by atoms with van der Waals surface area (Å²) in [6.07, 6.45) is 0.0589. The molecule has 2 fully saturated rings. The van der Waals surface area contributed by atoms with Crippen molar-refractivity contribution in [3.8, 4) is 0 Å². The average molecular weight is 394 g/mol. The van der Waals surface area contributed by atoms with E-state index in [1.54, 1.807) is 0 Å². The first kappa shape index (κ1) is 18.0. The Balaban J connectivity index is 1.46. The topological polar surface area (TPSA) is 66.9 Å². The Hall–Kier alpha value is -2.36. The lowest BCUT2D eigenvalue weighted by Gasteiger charge is -2.44. The molecular formula is C18H16F2N2O4S. The molecule has 6 nitrogen and oxygen atoms in total. The number of carbonyl (C=O) groups excluding carboxylic acids is 1. The molecule has 2 aliphatic rings. The fourth-order valence-electron chi connectivity index (χ4n) is 3.31. The second kappa shape index (κ2) is 6.36. The summed E-state index contributed by atoms with van der Waals surface area (Å²) < 4.78 is 52.9. The van der Waals surface area contributed by atoms with E-state index in [1.165, 1.54) is 5.06 Å². The van der Waals surface area contributed by atoms with Gasteiger partial charge in [-0.05, 0) is 17.7 Å². The highest BCUT2D eigenvalue weighted by Gasteiger charge is 2.56. The predicted molar refractivity (Wildman–Crippen MR) is 90.5 cm³/mol. The van der Waals surface area contributed by atoms with Crippen molar-refractivity contribution in [3.05, 3.63) is 65.7 Å². The molecule has 0 saturated carbocycles. The van der Waals surface area contributed by atoms with Gasteiger partial charge in [0.15, 0.2) is 0 Å². The van der Waals surface area contributed by atoms with Crippen molar-refractivity contribution in [3.63, 3.8) is 0 Å². The first-order valence-electron chi connectivity index (χ1n) is 8.27. The summed E-state index contributed by atoms with van der Waals surface area (Å²) in [5.74, 6) is -2.16. The van der Waals surface area contributed by atoms with Gasteiger partial charge in [-0.15, -0.1) is 0 Å². The van der Waals surface area contributed by atoms with E-state index >= 15 is 0 Å². The number of hydrogen-bond donors (Lipinski definition) is 0. The van der Waals surface area contributed by atoms with Crippen LogP contribution in [-0.2, 0) is 26.2 Å². The molecule has 0 aromatic heterocycles. The Bertz CT molecular complexity index is 971. The third kappa shape index (κ3) is 3.33. The van der Waals surface area contributed by atoms with E-state index in [-0.39, 0.29) is 32.0 Å². The van der Waals surface area contributed by atoms with Gasteiger partial charge in [-0.25, -0.2) is 22.3 Å². The van der Waals surface area contributed by atoms with Gasteiger partial charge in [0.05, 0.1) is 17.9 Å². The highest BCUT2D eigenvalue weighted by molar-refractivity contribution is 7.89. The fraction of sp³-hybridized carbons (Fsp3) is 0.278. The fourth-order valence-corrected chi connectivity index (χ4v) is 4.94. The predicted octanol–water partition coefficient (Wildman–Crippen LogP) is 2.07. The molecule has 1 spiro atoms. The zero-order valence-corrected chi connectivity index (χ0v) is 15.0. The Morgan fingerprint density at radius 2 is 1.67 bits per heavy atom. The minimum atomic E-state index is -4.06. The number of nitrogens with zero attached hydrogens (tertiary/aromatic N) is 2. The molecule has 0 N–H and O–H groups in total. The Kier molecular flexibility index (Phi) is 4.25. The van der Waals surface area contributed by atoms with Gasteiger partial charge < -0.3 is 0 Å². The first-order chi connectivity index (χ1) is 12.8. The number of amides is 1. The van der Waals surface area contributed by atoms with Crippen LogP contribution in [0.4, 0.5) is 8.78 Å². The maximum absolute atomic E-state index is 13.3. The summed E-state index contributed by atoms with van der Waals surface area (Å²) in [6, 6.07) is 11.4. The number of benzene rings is 2. The second-order valence-electron chi connectivity index (χ2n) is 6.75. The van der Waals surface area contributed by atoms with Crippen LogP contribution < -0.4 is 0 Å². The van der Waals surface area contributed by atoms with Crippen molar-refractivity contribution in [2.24, 2.45) is 0 Å². The number of carbonyl (C=O) groups is 1. The van der Waals surface area contributed by atoms with Crippen LogP contribution in [0.2, 0.25) is 0 Å². The summed E-state index contributed by atoms with van der Waals surface area (Å²) in [7, 11) is -4.06. The van der Waals surface area contributed by atoms with E-state index in [1.807, 2.05) is 30.3 Å². The highest BCUT2D eigenvalue weighted by Crippen LogP contribution is 2.39. The molecule has 2 saturated heterocycles. The van der Waals surface area contributed by atoms with Gasteiger partial charge in [0.1, 0.15) is 17.2 Å². The lowest BCUT2D eigenvalue weighted by Crippen LogP contribution is -2.63. The number of hydrogen-bond acceptors (Lipinski definition) is 4. The van der Waals surface area contributed by atoms with Gasteiger partial charge in [0.25, 0.3) is 0 Å². The monoisotopic (exact) mass is 394 g/mol. The lowest BCUT2D eigenvalue weighted by atomic mass is 9.94. The Morgan fingerprint density at radius 3 is 2.30 bits per heavy atom. The van der Waals surface area contributed by atoms with E-state index in [0.29, 0.717) is 6.07 Å². The van der Waals surface area contributed by atoms with Crippen LogP contribution in [0.3, 0.4) is 0 Å². The quantitative estimate of drug-likeness (QED) is 0.796. The van der Waals surface area contributed by atoms with Crippen molar-refractivity contribution >= 4 is 15.9 Å². The van der Waals surface area contributed by atoms with Crippen molar-refractivity contribution < 1.29 is 26.8 Å². The van der Waals surface area contributed by atoms with Crippen LogP contribution in [-0.4, -0.2) is 42.4 Å². The first-order valence-corrected chi connectivity index (χ1v) is 9.71. The molecule has 0 unspecified atom stereocenters. The standard InChI is InChI=1S/C18H16F2N2O4S/c19-14-6-15(20)8-16(7-14)27(24,25)21-11-18(12-21)9-17(23)22(26-18)10-13-4-2-1-3-5-13/h1-8H,9-12H2. The molecule has 142 valence electrons. The molecule has 0 bridgehead atoms. The third-order valence-electron chi connectivity index (χ3n) is 4.63. The summed E-state index contributed by atoms with van der Waals surface area (Å²) in [4.78, 5) is 17.5. The summed E-state index contributed by atoms with van der Waals surface area (Å²) in [5.41, 5.74) is -0.0351. The Morgan fingerprint density at radius 1 is 1.04 bits per heavy atom. The normalized spacial score (nSPS) is 19.5. The summed E-state index contributed by atoms with van der Waals surface area (Å²) in [5, 5.41) is 1.24. The number of sulfonamides is 1. The highest BCUT2D eigenvalue weighted by atomic mass is 32.2. The zero-order valence-electron chi connectivity index (χ0n) is 14.1. The lowest BCUT2D eigenvalue weighted by molar-refractivity contribution is -0.228. The smallest absolute Gasteiger partial charge is 0.249 e. The van der Waals surface area contributed by atoms with Crippen LogP contribution in [0.25, 0.3) is 0 Å². The van der Waals surface area contributed by atoms with Crippen molar-refractivity contribution in [1.29, 1.82) is 0 Å². The van der Waals surface area contributed by atoms with E-state index < -0.39 is 32.2 Å². The zero-order chi connectivity index (χ0) is 19.2. The average Bonchev–Trinajstić information content (AvgIpc) is 2.91. The van der Waals surface area contributed by atoms with Crippen LogP contribution in [0.15, 0.2) is 53.4 Å². The SMILES string of the molecule is O=C1CC2(CN(S(=O)(=O)c3cc(F)cc(F)c3)C2)ON1Cc1ccccc1. The van der Waals surface area contributed by atoms with Gasteiger partial charge in [-0.2, -0.15) is 4.31 Å². The van der Waals surface area contributed by atoms with E-state index in [9.17, 15) is 22.0 Å². The number of hydroxylamine groups is 2. The largest absolute Gasteiger partial charge is 0.272 e. The number of rotatable bonds is 4. The van der Waals surface area contributed by atoms with E-state index in [0.717, 1.165) is 22.0 Å². The summed E-state index contributed by atoms with van der Waals surface area (Å²) >= 11 is 0. The second-order valence-corrected chi connectivity index (χ2v) is 8.68. The van der Waals surface area contributed by atoms with Gasteiger partial charge in [0.2, 0.25) is 15.9 Å². The van der Waals surface area contributed by atoms with Gasteiger partial charge in [-0.1, -0.05) is 30.3 Å². The molecule has 0 radical (unpaired) electrons. The number of halogens is 2. The molecule has 27 heavy (non-hydrogen) atoms. The molecular weight excluding hydrogens is 378 g/mol. The van der Waals surface area contributed by atoms with Gasteiger partial charge in [-0.3, -0.25) is 9.63 Å². The van der Waals surface area contributed by atoms with E-state index in [2.05, 4.69) is 0 Å². The molecule has 1 amide bonds. The molecule has 2 aromatic carbocycles. The van der Waals surface area contributed by atoms with E-state index in [4.69, 9.17) is 4.84 Å². The molecule has 0 aliphatic carbocycles. The molecule has 2 heterocycles. The minimum Gasteiger partial charge on any atom is -0.272 e. The minimum absolute atomic E-state index is 0.0511. The van der Waals surface area contributed by atoms with Gasteiger partial charge >= 0.3 is 0 Å². The molecule has 0 atom stereocenters.